The Morgan fingerprint density at radius 2 is 1.53 bits per heavy atom. The van der Waals surface area contributed by atoms with Gasteiger partial charge in [-0.25, -0.2) is 8.42 Å². The molecule has 0 spiro atoms. The molecule has 2 aromatic carbocycles. The van der Waals surface area contributed by atoms with Gasteiger partial charge in [0.2, 0.25) is 5.91 Å². The summed E-state index contributed by atoms with van der Waals surface area (Å²) in [7, 11) is -3.94. The van der Waals surface area contributed by atoms with E-state index in [9.17, 15) is 13.2 Å². The standard InChI is InChI=1S/C23H32N2O4S/c1-6-29-20-12-14-21(15-13-20)30(27,28)25(19-10-8-7-9-11-19)16-22(26)24-23(17(2)3)18(4)5/h7-15,17-18,23H,6,16H2,1-5H3,(H,24,26). The highest BCUT2D eigenvalue weighted by Crippen LogP contribution is 2.25. The van der Waals surface area contributed by atoms with Crippen LogP contribution in [0, 0.1) is 11.8 Å². The minimum Gasteiger partial charge on any atom is -0.494 e. The van der Waals surface area contributed by atoms with Crippen LogP contribution >= 0.6 is 0 Å². The maximum absolute atomic E-state index is 13.4. The Kier molecular flexibility index (Phi) is 8.29. The Morgan fingerprint density at radius 1 is 0.967 bits per heavy atom. The summed E-state index contributed by atoms with van der Waals surface area (Å²) in [5.41, 5.74) is 0.437. The van der Waals surface area contributed by atoms with E-state index in [-0.39, 0.29) is 35.2 Å². The molecule has 7 heteroatoms. The summed E-state index contributed by atoms with van der Waals surface area (Å²) >= 11 is 0. The van der Waals surface area contributed by atoms with Crippen LogP contribution in [0.25, 0.3) is 0 Å². The monoisotopic (exact) mass is 432 g/mol. The third-order valence-corrected chi connectivity index (χ3v) is 6.61. The van der Waals surface area contributed by atoms with Crippen molar-refractivity contribution in [2.75, 3.05) is 17.5 Å². The summed E-state index contributed by atoms with van der Waals surface area (Å²) in [4.78, 5) is 12.9. The lowest BCUT2D eigenvalue weighted by molar-refractivity contribution is -0.121. The largest absolute Gasteiger partial charge is 0.494 e. The molecular weight excluding hydrogens is 400 g/mol. The highest BCUT2D eigenvalue weighted by atomic mass is 32.2. The van der Waals surface area contributed by atoms with Crippen molar-refractivity contribution in [3.8, 4) is 5.75 Å². The van der Waals surface area contributed by atoms with Crippen molar-refractivity contribution < 1.29 is 17.9 Å². The third kappa shape index (κ3) is 5.98. The molecule has 0 bridgehead atoms. The van der Waals surface area contributed by atoms with Crippen LogP contribution in [0.15, 0.2) is 59.5 Å². The van der Waals surface area contributed by atoms with E-state index in [1.54, 1.807) is 42.5 Å². The van der Waals surface area contributed by atoms with Crippen LogP contribution in [0.1, 0.15) is 34.6 Å². The maximum Gasteiger partial charge on any atom is 0.264 e. The third-order valence-electron chi connectivity index (χ3n) is 4.82. The van der Waals surface area contributed by atoms with E-state index in [0.717, 1.165) is 4.31 Å². The fraction of sp³-hybridized carbons (Fsp3) is 0.435. The molecule has 1 N–H and O–H groups in total. The molecule has 2 aromatic rings. The van der Waals surface area contributed by atoms with E-state index in [1.165, 1.54) is 12.1 Å². The summed E-state index contributed by atoms with van der Waals surface area (Å²) in [6.07, 6.45) is 0. The number of nitrogens with zero attached hydrogens (tertiary/aromatic N) is 1. The number of nitrogens with one attached hydrogen (secondary N) is 1. The van der Waals surface area contributed by atoms with Crippen molar-refractivity contribution in [3.05, 3.63) is 54.6 Å². The van der Waals surface area contributed by atoms with E-state index in [4.69, 9.17) is 4.74 Å². The van der Waals surface area contributed by atoms with Gasteiger partial charge >= 0.3 is 0 Å². The summed E-state index contributed by atoms with van der Waals surface area (Å²) < 4.78 is 33.3. The number of rotatable bonds is 10. The average molecular weight is 433 g/mol. The fourth-order valence-electron chi connectivity index (χ4n) is 3.38. The minimum atomic E-state index is -3.94. The van der Waals surface area contributed by atoms with Crippen molar-refractivity contribution in [1.82, 2.24) is 5.32 Å². The molecular formula is C23H32N2O4S. The first-order valence-electron chi connectivity index (χ1n) is 10.3. The topological polar surface area (TPSA) is 75.7 Å². The van der Waals surface area contributed by atoms with Crippen LogP contribution in [0.4, 0.5) is 5.69 Å². The normalized spacial score (nSPS) is 11.7. The maximum atomic E-state index is 13.4. The molecule has 0 unspecified atom stereocenters. The highest BCUT2D eigenvalue weighted by molar-refractivity contribution is 7.92. The van der Waals surface area contributed by atoms with E-state index in [1.807, 2.05) is 34.6 Å². The molecule has 0 aliphatic rings. The lowest BCUT2D eigenvalue weighted by Crippen LogP contribution is -2.47. The predicted molar refractivity (Wildman–Crippen MR) is 120 cm³/mol. The molecule has 0 radical (unpaired) electrons. The molecule has 0 heterocycles. The van der Waals surface area contributed by atoms with Crippen molar-refractivity contribution >= 4 is 21.6 Å². The van der Waals surface area contributed by atoms with Crippen molar-refractivity contribution in [3.63, 3.8) is 0 Å². The van der Waals surface area contributed by atoms with Crippen molar-refractivity contribution in [1.29, 1.82) is 0 Å². The SMILES string of the molecule is CCOc1ccc(S(=O)(=O)N(CC(=O)NC(C(C)C)C(C)C)c2ccccc2)cc1. The quantitative estimate of drug-likeness (QED) is 0.614. The lowest BCUT2D eigenvalue weighted by atomic mass is 9.93. The van der Waals surface area contributed by atoms with Gasteiger partial charge in [-0.05, 0) is 55.2 Å². The van der Waals surface area contributed by atoms with Gasteiger partial charge < -0.3 is 10.1 Å². The second kappa shape index (κ2) is 10.5. The summed E-state index contributed by atoms with van der Waals surface area (Å²) in [5, 5.41) is 3.00. The smallest absolute Gasteiger partial charge is 0.264 e. The van der Waals surface area contributed by atoms with Crippen molar-refractivity contribution in [2.45, 2.75) is 45.6 Å². The van der Waals surface area contributed by atoms with Gasteiger partial charge in [0.25, 0.3) is 10.0 Å². The van der Waals surface area contributed by atoms with Crippen LogP contribution in [-0.4, -0.2) is 33.5 Å². The lowest BCUT2D eigenvalue weighted by Gasteiger charge is -2.29. The Hall–Kier alpha value is -2.54. The van der Waals surface area contributed by atoms with Crippen LogP contribution in [0.5, 0.6) is 5.75 Å². The molecule has 0 aromatic heterocycles. The van der Waals surface area contributed by atoms with Crippen LogP contribution in [0.3, 0.4) is 0 Å². The molecule has 1 amide bonds. The van der Waals surface area contributed by atoms with Gasteiger partial charge in [0.15, 0.2) is 0 Å². The summed E-state index contributed by atoms with van der Waals surface area (Å²) in [6, 6.07) is 14.9. The number of carbonyl (C=O) groups excluding carboxylic acids is 1. The second-order valence-corrected chi connectivity index (χ2v) is 9.70. The summed E-state index contributed by atoms with van der Waals surface area (Å²) in [5.74, 6) is 0.738. The van der Waals surface area contributed by atoms with E-state index in [0.29, 0.717) is 18.0 Å². The Morgan fingerprint density at radius 3 is 2.03 bits per heavy atom. The zero-order valence-corrected chi connectivity index (χ0v) is 19.1. The Balaban J connectivity index is 2.34. The highest BCUT2D eigenvalue weighted by Gasteiger charge is 2.29. The number of carbonyl (C=O) groups is 1. The average Bonchev–Trinajstić information content (AvgIpc) is 2.71. The van der Waals surface area contributed by atoms with Crippen LogP contribution in [0.2, 0.25) is 0 Å². The molecule has 6 nitrogen and oxygen atoms in total. The molecule has 0 aliphatic carbocycles. The van der Waals surface area contributed by atoms with E-state index in [2.05, 4.69) is 5.32 Å². The predicted octanol–water partition coefficient (Wildman–Crippen LogP) is 4.08. The van der Waals surface area contributed by atoms with E-state index < -0.39 is 10.0 Å². The minimum absolute atomic E-state index is 0.0386. The van der Waals surface area contributed by atoms with Gasteiger partial charge in [-0.1, -0.05) is 45.9 Å². The van der Waals surface area contributed by atoms with Gasteiger partial charge in [-0.3, -0.25) is 9.10 Å². The van der Waals surface area contributed by atoms with Gasteiger partial charge in [0, 0.05) is 6.04 Å². The fourth-order valence-corrected chi connectivity index (χ4v) is 4.80. The molecule has 0 saturated carbocycles. The number of hydrogen-bond donors (Lipinski definition) is 1. The molecule has 30 heavy (non-hydrogen) atoms. The summed E-state index contributed by atoms with van der Waals surface area (Å²) in [6.45, 7) is 10.2. The number of benzene rings is 2. The zero-order chi connectivity index (χ0) is 22.3. The zero-order valence-electron chi connectivity index (χ0n) is 18.3. The van der Waals surface area contributed by atoms with E-state index >= 15 is 0 Å². The number of ether oxygens (including phenoxy) is 1. The second-order valence-electron chi connectivity index (χ2n) is 7.83. The number of anilines is 1. The van der Waals surface area contributed by atoms with Gasteiger partial charge in [0.1, 0.15) is 12.3 Å². The molecule has 0 fully saturated rings. The molecule has 0 aliphatic heterocycles. The first-order valence-corrected chi connectivity index (χ1v) is 11.7. The molecule has 0 saturated heterocycles. The van der Waals surface area contributed by atoms with Crippen LogP contribution in [-0.2, 0) is 14.8 Å². The Bertz CT molecular complexity index is 902. The molecule has 2 rings (SSSR count). The number of para-hydroxylation sites is 1. The van der Waals surface area contributed by atoms with Crippen molar-refractivity contribution in [2.24, 2.45) is 11.8 Å². The molecule has 164 valence electrons. The van der Waals surface area contributed by atoms with Crippen LogP contribution < -0.4 is 14.4 Å². The van der Waals surface area contributed by atoms with Gasteiger partial charge in [0.05, 0.1) is 17.2 Å². The van der Waals surface area contributed by atoms with Gasteiger partial charge in [-0.15, -0.1) is 0 Å². The first kappa shape index (κ1) is 23.7. The number of sulfonamides is 1. The first-order chi connectivity index (χ1) is 14.2. The molecule has 0 atom stereocenters. The number of amides is 1. The number of hydrogen-bond acceptors (Lipinski definition) is 4. The Labute approximate surface area is 180 Å². The van der Waals surface area contributed by atoms with Gasteiger partial charge in [-0.2, -0.15) is 0 Å².